The van der Waals surface area contributed by atoms with Gasteiger partial charge in [-0.2, -0.15) is 0 Å². The largest absolute Gasteiger partial charge is 0.294 e. The second-order valence-corrected chi connectivity index (χ2v) is 7.83. The molecule has 0 aliphatic rings. The predicted molar refractivity (Wildman–Crippen MR) is 120 cm³/mol. The Hall–Kier alpha value is -3.77. The maximum atomic E-state index is 13.0. The number of hydrogen-bond donors (Lipinski definition) is 2. The van der Waals surface area contributed by atoms with Crippen molar-refractivity contribution in [2.75, 3.05) is 0 Å². The van der Waals surface area contributed by atoms with E-state index in [1.165, 1.54) is 28.6 Å². The maximum Gasteiger partial charge on any atom is 0.274 e. The number of carbonyl (C=O) groups excluding carboxylic acids is 1. The van der Waals surface area contributed by atoms with Crippen molar-refractivity contribution in [2.24, 2.45) is 0 Å². The van der Waals surface area contributed by atoms with Crippen LogP contribution in [0, 0.1) is 0 Å². The average Bonchev–Trinajstić information content (AvgIpc) is 2.80. The van der Waals surface area contributed by atoms with Crippen molar-refractivity contribution in [3.8, 4) is 11.1 Å². The molecule has 3 aromatic carbocycles. The van der Waals surface area contributed by atoms with E-state index in [2.05, 4.69) is 55.2 Å². The van der Waals surface area contributed by atoms with E-state index in [4.69, 9.17) is 5.21 Å². The Morgan fingerprint density at radius 1 is 1.03 bits per heavy atom. The molecule has 0 saturated heterocycles. The van der Waals surface area contributed by atoms with E-state index < -0.39 is 5.91 Å². The second-order valence-electron chi connectivity index (χ2n) is 7.83. The van der Waals surface area contributed by atoms with Gasteiger partial charge in [-0.3, -0.25) is 19.4 Å². The van der Waals surface area contributed by atoms with Crippen LogP contribution in [0.1, 0.15) is 41.3 Å². The van der Waals surface area contributed by atoms with Crippen molar-refractivity contribution in [1.29, 1.82) is 0 Å². The minimum absolute atomic E-state index is 0.193. The first-order valence-corrected chi connectivity index (χ1v) is 10.1. The third-order valence-corrected chi connectivity index (χ3v) is 5.38. The van der Waals surface area contributed by atoms with Crippen molar-refractivity contribution >= 4 is 16.8 Å². The van der Waals surface area contributed by atoms with Gasteiger partial charge in [-0.15, -0.1) is 0 Å². The monoisotopic (exact) mass is 413 g/mol. The van der Waals surface area contributed by atoms with Crippen LogP contribution in [0.3, 0.4) is 0 Å². The van der Waals surface area contributed by atoms with Crippen molar-refractivity contribution in [1.82, 2.24) is 15.0 Å². The smallest absolute Gasteiger partial charge is 0.274 e. The van der Waals surface area contributed by atoms with E-state index in [1.807, 2.05) is 12.1 Å². The van der Waals surface area contributed by atoms with Gasteiger partial charge < -0.3 is 0 Å². The fraction of sp³-hybridized carbons (Fsp3) is 0.160. The summed E-state index contributed by atoms with van der Waals surface area (Å²) in [5.74, 6) is -0.190. The molecule has 0 aliphatic heterocycles. The molecule has 1 amide bonds. The lowest BCUT2D eigenvalue weighted by Crippen LogP contribution is -2.23. The number of hydroxylamine groups is 1. The summed E-state index contributed by atoms with van der Waals surface area (Å²) >= 11 is 0. The van der Waals surface area contributed by atoms with Crippen LogP contribution in [0.2, 0.25) is 0 Å². The zero-order valence-electron chi connectivity index (χ0n) is 17.4. The molecule has 0 bridgehead atoms. The van der Waals surface area contributed by atoms with Gasteiger partial charge in [0, 0.05) is 5.56 Å². The molecule has 0 radical (unpaired) electrons. The number of amides is 1. The zero-order valence-corrected chi connectivity index (χ0v) is 17.4. The Kier molecular flexibility index (Phi) is 5.64. The molecule has 0 spiro atoms. The maximum absolute atomic E-state index is 13.0. The molecule has 0 atom stereocenters. The van der Waals surface area contributed by atoms with E-state index in [0.29, 0.717) is 23.4 Å². The van der Waals surface area contributed by atoms with Crippen LogP contribution in [0.15, 0.2) is 77.9 Å². The molecule has 6 nitrogen and oxygen atoms in total. The number of fused-ring (bicyclic) bond motifs is 1. The molecule has 6 heteroatoms. The third kappa shape index (κ3) is 4.25. The third-order valence-electron chi connectivity index (χ3n) is 5.38. The Bertz CT molecular complexity index is 1310. The number of nitrogens with zero attached hydrogens (tertiary/aromatic N) is 2. The Morgan fingerprint density at radius 2 is 1.81 bits per heavy atom. The first-order chi connectivity index (χ1) is 15.0. The van der Waals surface area contributed by atoms with E-state index in [1.54, 1.807) is 11.5 Å². The molecule has 0 aliphatic carbocycles. The standard InChI is InChI=1S/C25H23N3O3/c1-16(2)18-6-8-19(9-7-18)20-5-3-4-17(12-20)14-28-15-26-23-11-10-21(24(29)27-31)13-22(23)25(28)30/h3-13,15-16,31H,14H2,1-2H3,(H,27,29). The topological polar surface area (TPSA) is 84.2 Å². The summed E-state index contributed by atoms with van der Waals surface area (Å²) in [7, 11) is 0. The van der Waals surface area contributed by atoms with E-state index in [-0.39, 0.29) is 11.1 Å². The highest BCUT2D eigenvalue weighted by molar-refractivity contribution is 5.97. The van der Waals surface area contributed by atoms with Crippen molar-refractivity contribution in [2.45, 2.75) is 26.3 Å². The normalized spacial score (nSPS) is 11.1. The van der Waals surface area contributed by atoms with Gasteiger partial charge in [-0.1, -0.05) is 56.3 Å². The molecule has 31 heavy (non-hydrogen) atoms. The molecule has 156 valence electrons. The summed E-state index contributed by atoms with van der Waals surface area (Å²) in [6, 6.07) is 21.1. The van der Waals surface area contributed by atoms with Crippen molar-refractivity contribution in [3.05, 3.63) is 100 Å². The lowest BCUT2D eigenvalue weighted by molar-refractivity contribution is 0.0706. The summed E-state index contributed by atoms with van der Waals surface area (Å²) in [4.78, 5) is 29.0. The molecule has 0 saturated carbocycles. The average molecular weight is 413 g/mol. The number of benzene rings is 3. The van der Waals surface area contributed by atoms with Gasteiger partial charge >= 0.3 is 0 Å². The Morgan fingerprint density at radius 3 is 2.52 bits per heavy atom. The number of hydrogen-bond acceptors (Lipinski definition) is 4. The molecule has 1 heterocycles. The minimum atomic E-state index is -0.673. The van der Waals surface area contributed by atoms with Gasteiger partial charge in [-0.25, -0.2) is 10.5 Å². The van der Waals surface area contributed by atoms with Crippen molar-refractivity contribution in [3.63, 3.8) is 0 Å². The number of carbonyl (C=O) groups is 1. The number of rotatable bonds is 5. The van der Waals surface area contributed by atoms with Crippen LogP contribution < -0.4 is 11.0 Å². The molecule has 4 aromatic rings. The second kappa shape index (κ2) is 8.53. The highest BCUT2D eigenvalue weighted by Crippen LogP contribution is 2.24. The first kappa shape index (κ1) is 20.5. The first-order valence-electron chi connectivity index (χ1n) is 10.1. The molecule has 4 rings (SSSR count). The molecule has 2 N–H and O–H groups in total. The number of nitrogens with one attached hydrogen (secondary N) is 1. The van der Waals surface area contributed by atoms with Crippen LogP contribution >= 0.6 is 0 Å². The molecule has 0 unspecified atom stereocenters. The van der Waals surface area contributed by atoms with Gasteiger partial charge in [0.25, 0.3) is 11.5 Å². The summed E-state index contributed by atoms with van der Waals surface area (Å²) in [6.07, 6.45) is 1.51. The van der Waals surface area contributed by atoms with E-state index in [9.17, 15) is 9.59 Å². The summed E-state index contributed by atoms with van der Waals surface area (Å²) < 4.78 is 1.52. The van der Waals surface area contributed by atoms with Gasteiger partial charge in [0.15, 0.2) is 0 Å². The fourth-order valence-corrected chi connectivity index (χ4v) is 3.58. The highest BCUT2D eigenvalue weighted by Gasteiger charge is 2.10. The van der Waals surface area contributed by atoms with Crippen molar-refractivity contribution < 1.29 is 10.0 Å². The SMILES string of the molecule is CC(C)c1ccc(-c2cccc(Cn3cnc4ccc(C(=O)NO)cc4c3=O)c2)cc1. The minimum Gasteiger partial charge on any atom is -0.294 e. The molecule has 1 aromatic heterocycles. The highest BCUT2D eigenvalue weighted by atomic mass is 16.5. The Balaban J connectivity index is 1.66. The summed E-state index contributed by atoms with van der Waals surface area (Å²) in [5, 5.41) is 9.17. The van der Waals surface area contributed by atoms with Gasteiger partial charge in [0.1, 0.15) is 0 Å². The Labute approximate surface area is 179 Å². The van der Waals surface area contributed by atoms with Crippen LogP contribution in [0.4, 0.5) is 0 Å². The zero-order chi connectivity index (χ0) is 22.0. The van der Waals surface area contributed by atoms with Crippen LogP contribution in [-0.2, 0) is 6.54 Å². The van der Waals surface area contributed by atoms with Gasteiger partial charge in [0.05, 0.1) is 23.8 Å². The molecular formula is C25H23N3O3. The van der Waals surface area contributed by atoms with Crippen LogP contribution in [0.5, 0.6) is 0 Å². The number of aromatic nitrogens is 2. The predicted octanol–water partition coefficient (Wildman–Crippen LogP) is 4.35. The van der Waals surface area contributed by atoms with Gasteiger partial charge in [-0.05, 0) is 52.4 Å². The van der Waals surface area contributed by atoms with E-state index >= 15 is 0 Å². The summed E-state index contributed by atoms with van der Waals surface area (Å²) in [6.45, 7) is 4.70. The quantitative estimate of drug-likeness (QED) is 0.376. The summed E-state index contributed by atoms with van der Waals surface area (Å²) in [5.41, 5.74) is 6.49. The lowest BCUT2D eigenvalue weighted by atomic mass is 9.98. The van der Waals surface area contributed by atoms with E-state index in [0.717, 1.165) is 16.7 Å². The van der Waals surface area contributed by atoms with Gasteiger partial charge in [0.2, 0.25) is 0 Å². The molecule has 0 fully saturated rings. The van der Waals surface area contributed by atoms with Crippen LogP contribution in [-0.4, -0.2) is 20.7 Å². The molecular weight excluding hydrogens is 390 g/mol. The fourth-order valence-electron chi connectivity index (χ4n) is 3.58. The van der Waals surface area contributed by atoms with Crippen LogP contribution in [0.25, 0.3) is 22.0 Å². The lowest BCUT2D eigenvalue weighted by Gasteiger charge is -2.10.